The molecule has 3 heterocycles. The molecule has 6 rings (SSSR count). The van der Waals surface area contributed by atoms with Crippen LogP contribution in [0.4, 0.5) is 0 Å². The summed E-state index contributed by atoms with van der Waals surface area (Å²) < 4.78 is 33.1. The van der Waals surface area contributed by atoms with E-state index in [4.69, 9.17) is 4.74 Å². The molecule has 0 saturated heterocycles. The maximum Gasteiger partial charge on any atom is 0.210 e. The lowest BCUT2D eigenvalue weighted by Gasteiger charge is -2.23. The Morgan fingerprint density at radius 2 is 1.73 bits per heavy atom. The molecule has 0 saturated carbocycles. The fraction of sp³-hybridized carbons (Fsp3) is 0.0769. The van der Waals surface area contributed by atoms with Crippen molar-refractivity contribution < 1.29 is 13.2 Å². The predicted octanol–water partition coefficient (Wildman–Crippen LogP) is 6.82. The van der Waals surface area contributed by atoms with Crippen molar-refractivity contribution >= 4 is 39.0 Å². The van der Waals surface area contributed by atoms with Crippen LogP contribution in [-0.2, 0) is 22.9 Å². The van der Waals surface area contributed by atoms with Gasteiger partial charge in [0.2, 0.25) is 9.84 Å². The van der Waals surface area contributed by atoms with Crippen LogP contribution in [0.15, 0.2) is 104 Å². The lowest BCUT2D eigenvalue weighted by atomic mass is 10.1. The van der Waals surface area contributed by atoms with Crippen molar-refractivity contribution in [3.8, 4) is 11.5 Å². The summed E-state index contributed by atoms with van der Waals surface area (Å²) in [5.74, 6) is 1.08. The van der Waals surface area contributed by atoms with Crippen LogP contribution in [0.5, 0.6) is 11.5 Å². The van der Waals surface area contributed by atoms with Crippen molar-refractivity contribution in [3.63, 3.8) is 0 Å². The molecule has 7 heteroatoms. The Kier molecular flexibility index (Phi) is 5.05. The summed E-state index contributed by atoms with van der Waals surface area (Å²) in [5.41, 5.74) is 2.35. The van der Waals surface area contributed by atoms with E-state index in [0.717, 1.165) is 28.4 Å². The lowest BCUT2D eigenvalue weighted by molar-refractivity contribution is 0.363. The van der Waals surface area contributed by atoms with E-state index in [2.05, 4.69) is 28.6 Å². The van der Waals surface area contributed by atoms with Gasteiger partial charge >= 0.3 is 0 Å². The first-order valence-electron chi connectivity index (χ1n) is 10.5. The normalized spacial score (nSPS) is 14.2. The highest BCUT2D eigenvalue weighted by atomic mass is 32.2. The molecular formula is C26H19NO3S3. The fourth-order valence-corrected chi connectivity index (χ4v) is 7.37. The van der Waals surface area contributed by atoms with Crippen LogP contribution in [0.2, 0.25) is 0 Å². The third kappa shape index (κ3) is 3.76. The molecule has 1 aromatic heterocycles. The van der Waals surface area contributed by atoms with Gasteiger partial charge in [0.15, 0.2) is 5.75 Å². The van der Waals surface area contributed by atoms with E-state index in [9.17, 15) is 8.42 Å². The molecule has 0 aliphatic carbocycles. The number of para-hydroxylation sites is 2. The van der Waals surface area contributed by atoms with Gasteiger partial charge in [-0.3, -0.25) is 0 Å². The minimum absolute atomic E-state index is 0.193. The maximum absolute atomic E-state index is 13.5. The molecule has 0 spiro atoms. The summed E-state index contributed by atoms with van der Waals surface area (Å²) in [7, 11) is -3.73. The Hall–Kier alpha value is -3.00. The number of benzene rings is 3. The minimum atomic E-state index is -3.73. The van der Waals surface area contributed by atoms with E-state index in [1.54, 1.807) is 35.6 Å². The van der Waals surface area contributed by atoms with Gasteiger partial charge in [-0.25, -0.2) is 8.42 Å². The molecule has 4 nitrogen and oxygen atoms in total. The van der Waals surface area contributed by atoms with Crippen LogP contribution in [0, 0.1) is 0 Å². The fourth-order valence-electron chi connectivity index (χ4n) is 4.03. The Morgan fingerprint density at radius 1 is 0.909 bits per heavy atom. The van der Waals surface area contributed by atoms with E-state index in [-0.39, 0.29) is 9.79 Å². The lowest BCUT2D eigenvalue weighted by Crippen LogP contribution is -2.18. The molecule has 4 aromatic rings. The van der Waals surface area contributed by atoms with Gasteiger partial charge in [-0.2, -0.15) is 0 Å². The molecule has 164 valence electrons. The average Bonchev–Trinajstić information content (AvgIpc) is 3.30. The van der Waals surface area contributed by atoms with E-state index in [1.165, 1.54) is 22.2 Å². The molecule has 0 amide bonds. The summed E-state index contributed by atoms with van der Waals surface area (Å²) in [6, 6.07) is 22.3. The zero-order valence-electron chi connectivity index (χ0n) is 17.5. The van der Waals surface area contributed by atoms with Crippen LogP contribution < -0.4 is 4.74 Å². The molecule has 0 unspecified atom stereocenters. The maximum atomic E-state index is 13.5. The number of ether oxygens (including phenoxy) is 1. The second-order valence-corrected chi connectivity index (χ2v) is 11.9. The second-order valence-electron chi connectivity index (χ2n) is 7.90. The molecule has 0 radical (unpaired) electrons. The largest absolute Gasteiger partial charge is 0.454 e. The zero-order valence-corrected chi connectivity index (χ0v) is 19.9. The summed E-state index contributed by atoms with van der Waals surface area (Å²) in [4.78, 5) is 5.82. The van der Waals surface area contributed by atoms with Gasteiger partial charge in [0.1, 0.15) is 10.6 Å². The predicted molar refractivity (Wildman–Crippen MR) is 132 cm³/mol. The van der Waals surface area contributed by atoms with E-state index < -0.39 is 9.84 Å². The Balaban J connectivity index is 1.26. The van der Waals surface area contributed by atoms with Crippen LogP contribution in [0.3, 0.4) is 0 Å². The summed E-state index contributed by atoms with van der Waals surface area (Å²) in [6.07, 6.45) is 4.23. The van der Waals surface area contributed by atoms with Crippen LogP contribution in [0.1, 0.15) is 16.0 Å². The molecule has 2 aliphatic heterocycles. The highest BCUT2D eigenvalue weighted by molar-refractivity contribution is 7.99. The Morgan fingerprint density at radius 3 is 2.61 bits per heavy atom. The molecular weight excluding hydrogens is 470 g/mol. The third-order valence-corrected chi connectivity index (χ3v) is 9.54. The average molecular weight is 490 g/mol. The quantitative estimate of drug-likeness (QED) is 0.277. The van der Waals surface area contributed by atoms with Crippen molar-refractivity contribution in [1.82, 2.24) is 4.90 Å². The number of thiophene rings is 1. The highest BCUT2D eigenvalue weighted by Crippen LogP contribution is 2.49. The van der Waals surface area contributed by atoms with Gasteiger partial charge in [0.05, 0.1) is 21.2 Å². The first-order chi connectivity index (χ1) is 16.1. The van der Waals surface area contributed by atoms with Crippen LogP contribution >= 0.6 is 23.1 Å². The molecule has 0 fully saturated rings. The van der Waals surface area contributed by atoms with Crippen molar-refractivity contribution in [2.45, 2.75) is 32.7 Å². The summed E-state index contributed by atoms with van der Waals surface area (Å²) >= 11 is 3.29. The van der Waals surface area contributed by atoms with Crippen molar-refractivity contribution in [3.05, 3.63) is 100 Å². The van der Waals surface area contributed by atoms with Gasteiger partial charge in [-0.15, -0.1) is 11.3 Å². The Bertz CT molecular complexity index is 1490. The minimum Gasteiger partial charge on any atom is -0.454 e. The van der Waals surface area contributed by atoms with Crippen LogP contribution in [0.25, 0.3) is 6.08 Å². The number of fused-ring (bicyclic) bond motifs is 3. The van der Waals surface area contributed by atoms with Gasteiger partial charge in [0.25, 0.3) is 0 Å². The van der Waals surface area contributed by atoms with E-state index in [1.807, 2.05) is 42.5 Å². The number of rotatable bonds is 4. The smallest absolute Gasteiger partial charge is 0.210 e. The molecule has 2 aliphatic rings. The SMILES string of the molecule is O=S(=O)(c1ccc(CN2C=Cc3ccsc3C2)cc1)c1cccc2c1Oc1ccccc1S2. The van der Waals surface area contributed by atoms with Crippen molar-refractivity contribution in [2.75, 3.05) is 0 Å². The molecule has 0 bridgehead atoms. The van der Waals surface area contributed by atoms with Gasteiger partial charge in [0, 0.05) is 17.6 Å². The van der Waals surface area contributed by atoms with Crippen LogP contribution in [-0.4, -0.2) is 13.3 Å². The zero-order chi connectivity index (χ0) is 22.4. The van der Waals surface area contributed by atoms with Gasteiger partial charge in [-0.05, 0) is 65.0 Å². The number of sulfone groups is 1. The summed E-state index contributed by atoms with van der Waals surface area (Å²) in [5, 5.41) is 2.11. The topological polar surface area (TPSA) is 46.6 Å². The molecule has 33 heavy (non-hydrogen) atoms. The third-order valence-electron chi connectivity index (χ3n) is 5.72. The monoisotopic (exact) mass is 489 g/mol. The number of hydrogen-bond acceptors (Lipinski definition) is 6. The van der Waals surface area contributed by atoms with Crippen molar-refractivity contribution in [1.29, 1.82) is 0 Å². The number of nitrogens with zero attached hydrogens (tertiary/aromatic N) is 1. The molecule has 3 aromatic carbocycles. The van der Waals surface area contributed by atoms with Gasteiger partial charge in [-0.1, -0.05) is 42.1 Å². The van der Waals surface area contributed by atoms with E-state index in [0.29, 0.717) is 11.5 Å². The standard InChI is InChI=1S/C26H19NO3S3/c28-33(29,25-7-3-6-23-26(25)30-21-4-1-2-5-22(21)32-23)20-10-8-18(9-11-20)16-27-14-12-19-13-15-31-24(19)17-27/h1-15H,16-17H2. The van der Waals surface area contributed by atoms with Gasteiger partial charge < -0.3 is 9.64 Å². The molecule has 0 N–H and O–H groups in total. The second kappa shape index (κ2) is 8.09. The first kappa shape index (κ1) is 20.6. The van der Waals surface area contributed by atoms with Crippen molar-refractivity contribution in [2.24, 2.45) is 0 Å². The van der Waals surface area contributed by atoms with E-state index >= 15 is 0 Å². The Labute approximate surface area is 201 Å². The first-order valence-corrected chi connectivity index (χ1v) is 13.7. The molecule has 0 atom stereocenters. The highest BCUT2D eigenvalue weighted by Gasteiger charge is 2.28. The number of hydrogen-bond donors (Lipinski definition) is 0. The summed E-state index contributed by atoms with van der Waals surface area (Å²) in [6.45, 7) is 1.60.